The van der Waals surface area contributed by atoms with Gasteiger partial charge in [0.15, 0.2) is 0 Å². The minimum Gasteiger partial charge on any atom is -0.437 e. The molecule has 0 fully saturated rings. The third-order valence-corrected chi connectivity index (χ3v) is 2.78. The van der Waals surface area contributed by atoms with E-state index < -0.39 is 0 Å². The molecule has 0 aliphatic rings. The summed E-state index contributed by atoms with van der Waals surface area (Å²) in [6, 6.07) is 1.67. The lowest BCUT2D eigenvalue weighted by atomic mass is 10.2. The zero-order chi connectivity index (χ0) is 13.0. The van der Waals surface area contributed by atoms with Gasteiger partial charge in [-0.2, -0.15) is 0 Å². The van der Waals surface area contributed by atoms with Gasteiger partial charge in [0, 0.05) is 12.3 Å². The molecule has 0 N–H and O–H groups in total. The van der Waals surface area contributed by atoms with Gasteiger partial charge < -0.3 is 4.74 Å². The van der Waals surface area contributed by atoms with Crippen molar-refractivity contribution in [1.29, 1.82) is 0 Å². The predicted octanol–water partition coefficient (Wildman–Crippen LogP) is 3.92. The molecule has 0 saturated heterocycles. The summed E-state index contributed by atoms with van der Waals surface area (Å²) in [5, 5.41) is 0.918. The van der Waals surface area contributed by atoms with Crippen molar-refractivity contribution in [2.75, 3.05) is 0 Å². The molecule has 2 aromatic heterocycles. The Labute approximate surface area is 115 Å². The third-order valence-electron chi connectivity index (χ3n) is 2.25. The van der Waals surface area contributed by atoms with Gasteiger partial charge in [0.05, 0.1) is 16.8 Å². The molecule has 0 radical (unpaired) electrons. The number of halogens is 2. The Hall–Kier alpha value is -1.39. The van der Waals surface area contributed by atoms with Crippen LogP contribution < -0.4 is 4.74 Å². The first-order valence-electron chi connectivity index (χ1n) is 5.48. The molecule has 0 aromatic carbocycles. The quantitative estimate of drug-likeness (QED) is 0.798. The number of aromatic nitrogens is 3. The zero-order valence-electron chi connectivity index (χ0n) is 9.73. The lowest BCUT2D eigenvalue weighted by Gasteiger charge is -2.09. The first-order chi connectivity index (χ1) is 8.70. The number of hydrogen-bond donors (Lipinski definition) is 0. The SMILES string of the molecule is CCCc1c(Cl)ncnc1Oc1cncc(Cl)c1. The normalized spacial score (nSPS) is 10.4. The molecule has 0 unspecified atom stereocenters. The van der Waals surface area contributed by atoms with Crippen molar-refractivity contribution in [3.63, 3.8) is 0 Å². The van der Waals surface area contributed by atoms with Crippen molar-refractivity contribution in [2.24, 2.45) is 0 Å². The predicted molar refractivity (Wildman–Crippen MR) is 70.4 cm³/mol. The van der Waals surface area contributed by atoms with E-state index in [-0.39, 0.29) is 0 Å². The summed E-state index contributed by atoms with van der Waals surface area (Å²) >= 11 is 11.9. The highest BCUT2D eigenvalue weighted by Gasteiger charge is 2.11. The van der Waals surface area contributed by atoms with E-state index in [1.165, 1.54) is 12.5 Å². The fourth-order valence-electron chi connectivity index (χ4n) is 1.48. The van der Waals surface area contributed by atoms with Gasteiger partial charge in [-0.3, -0.25) is 4.98 Å². The molecular weight excluding hydrogens is 273 g/mol. The first-order valence-corrected chi connectivity index (χ1v) is 6.24. The molecule has 2 aromatic rings. The van der Waals surface area contributed by atoms with E-state index in [1.54, 1.807) is 12.3 Å². The monoisotopic (exact) mass is 283 g/mol. The van der Waals surface area contributed by atoms with Gasteiger partial charge in [0.2, 0.25) is 5.88 Å². The van der Waals surface area contributed by atoms with Gasteiger partial charge in [0.25, 0.3) is 0 Å². The largest absolute Gasteiger partial charge is 0.437 e. The smallest absolute Gasteiger partial charge is 0.227 e. The molecule has 0 amide bonds. The fraction of sp³-hybridized carbons (Fsp3) is 0.250. The average Bonchev–Trinajstić information content (AvgIpc) is 2.34. The van der Waals surface area contributed by atoms with Crippen molar-refractivity contribution in [2.45, 2.75) is 19.8 Å². The van der Waals surface area contributed by atoms with Crippen molar-refractivity contribution in [1.82, 2.24) is 15.0 Å². The Morgan fingerprint density at radius 1 is 1.22 bits per heavy atom. The molecule has 0 spiro atoms. The summed E-state index contributed by atoms with van der Waals surface area (Å²) in [5.41, 5.74) is 0.793. The molecule has 0 aliphatic heterocycles. The summed E-state index contributed by atoms with van der Waals surface area (Å²) in [5.74, 6) is 0.968. The molecule has 18 heavy (non-hydrogen) atoms. The van der Waals surface area contributed by atoms with E-state index in [2.05, 4.69) is 15.0 Å². The maximum Gasteiger partial charge on any atom is 0.227 e. The highest BCUT2D eigenvalue weighted by molar-refractivity contribution is 6.30. The molecule has 0 saturated carbocycles. The summed E-state index contributed by atoms with van der Waals surface area (Å²) in [6.45, 7) is 2.05. The zero-order valence-corrected chi connectivity index (χ0v) is 11.2. The lowest BCUT2D eigenvalue weighted by molar-refractivity contribution is 0.452. The Morgan fingerprint density at radius 3 is 2.78 bits per heavy atom. The van der Waals surface area contributed by atoms with E-state index in [0.717, 1.165) is 18.4 Å². The molecule has 6 heteroatoms. The molecule has 94 valence electrons. The van der Waals surface area contributed by atoms with Gasteiger partial charge in [0.1, 0.15) is 17.2 Å². The van der Waals surface area contributed by atoms with E-state index in [0.29, 0.717) is 21.8 Å². The van der Waals surface area contributed by atoms with E-state index in [1.807, 2.05) is 6.92 Å². The molecule has 0 atom stereocenters. The fourth-order valence-corrected chi connectivity index (χ4v) is 1.87. The van der Waals surface area contributed by atoms with E-state index in [9.17, 15) is 0 Å². The standard InChI is InChI=1S/C12H11Cl2N3O/c1-2-3-10-11(14)16-7-17-12(10)18-9-4-8(13)5-15-6-9/h4-7H,2-3H2,1H3. The summed E-state index contributed by atoms with van der Waals surface area (Å²) in [7, 11) is 0. The van der Waals surface area contributed by atoms with Crippen molar-refractivity contribution < 1.29 is 4.74 Å². The van der Waals surface area contributed by atoms with Crippen LogP contribution in [0, 0.1) is 0 Å². The minimum atomic E-state index is 0.414. The Bertz CT molecular complexity index is 549. The van der Waals surface area contributed by atoms with Crippen LogP contribution in [0.2, 0.25) is 10.2 Å². The first kappa shape index (κ1) is 13.1. The summed E-state index contributed by atoms with van der Waals surface area (Å²) in [4.78, 5) is 12.0. The van der Waals surface area contributed by atoms with Crippen molar-refractivity contribution >= 4 is 23.2 Å². The Morgan fingerprint density at radius 2 is 2.06 bits per heavy atom. The van der Waals surface area contributed by atoms with Crippen LogP contribution in [-0.2, 0) is 6.42 Å². The number of nitrogens with zero attached hydrogens (tertiary/aromatic N) is 3. The van der Waals surface area contributed by atoms with Crippen LogP contribution in [0.4, 0.5) is 0 Å². The van der Waals surface area contributed by atoms with Crippen LogP contribution in [0.1, 0.15) is 18.9 Å². The highest BCUT2D eigenvalue weighted by atomic mass is 35.5. The van der Waals surface area contributed by atoms with Gasteiger partial charge >= 0.3 is 0 Å². The van der Waals surface area contributed by atoms with Gasteiger partial charge in [-0.05, 0) is 6.42 Å². The highest BCUT2D eigenvalue weighted by Crippen LogP contribution is 2.28. The molecule has 4 nitrogen and oxygen atoms in total. The van der Waals surface area contributed by atoms with Crippen LogP contribution in [0.5, 0.6) is 11.6 Å². The molecule has 0 bridgehead atoms. The average molecular weight is 284 g/mol. The number of ether oxygens (including phenoxy) is 1. The van der Waals surface area contributed by atoms with Crippen molar-refractivity contribution in [3.8, 4) is 11.6 Å². The lowest BCUT2D eigenvalue weighted by Crippen LogP contribution is -1.98. The Kier molecular flexibility index (Phi) is 4.33. The molecule has 0 aliphatic carbocycles. The van der Waals surface area contributed by atoms with Crippen LogP contribution >= 0.6 is 23.2 Å². The Balaban J connectivity index is 2.31. The number of rotatable bonds is 4. The summed E-state index contributed by atoms with van der Waals surface area (Å²) in [6.07, 6.45) is 6.15. The second-order valence-corrected chi connectivity index (χ2v) is 4.43. The van der Waals surface area contributed by atoms with Gasteiger partial charge in [-0.1, -0.05) is 36.5 Å². The van der Waals surface area contributed by atoms with E-state index in [4.69, 9.17) is 27.9 Å². The van der Waals surface area contributed by atoms with Crippen LogP contribution in [-0.4, -0.2) is 15.0 Å². The topological polar surface area (TPSA) is 47.9 Å². The van der Waals surface area contributed by atoms with Crippen LogP contribution in [0.15, 0.2) is 24.8 Å². The van der Waals surface area contributed by atoms with Gasteiger partial charge in [-0.15, -0.1) is 0 Å². The van der Waals surface area contributed by atoms with Crippen LogP contribution in [0.25, 0.3) is 0 Å². The van der Waals surface area contributed by atoms with E-state index >= 15 is 0 Å². The molecular formula is C12H11Cl2N3O. The van der Waals surface area contributed by atoms with Gasteiger partial charge in [-0.25, -0.2) is 9.97 Å². The maximum absolute atomic E-state index is 6.03. The maximum atomic E-state index is 6.03. The number of hydrogen-bond acceptors (Lipinski definition) is 4. The van der Waals surface area contributed by atoms with Crippen molar-refractivity contribution in [3.05, 3.63) is 40.5 Å². The number of pyridine rings is 1. The summed E-state index contributed by atoms with van der Waals surface area (Å²) < 4.78 is 5.64. The molecule has 2 heterocycles. The minimum absolute atomic E-state index is 0.414. The molecule has 2 rings (SSSR count). The second kappa shape index (κ2) is 5.98. The van der Waals surface area contributed by atoms with Crippen LogP contribution in [0.3, 0.4) is 0 Å². The second-order valence-electron chi connectivity index (χ2n) is 3.64. The third kappa shape index (κ3) is 3.09.